The number of hydrogen-bond donors (Lipinski definition) is 0. The van der Waals surface area contributed by atoms with Crippen LogP contribution in [0.5, 0.6) is 0 Å². The Bertz CT molecular complexity index is 418. The third-order valence-electron chi connectivity index (χ3n) is 5.52. The van der Waals surface area contributed by atoms with Crippen LogP contribution in [0, 0.1) is 5.92 Å². The second kappa shape index (κ2) is 8.65. The highest BCUT2D eigenvalue weighted by Crippen LogP contribution is 2.44. The summed E-state index contributed by atoms with van der Waals surface area (Å²) in [5, 5.41) is 0. The third kappa shape index (κ3) is 4.04. The SMILES string of the molecule is CC1CCC(c2ccccc2)(N2CCN(C)CC2)CC1.CI. The van der Waals surface area contributed by atoms with Crippen molar-refractivity contribution in [2.75, 3.05) is 38.2 Å². The van der Waals surface area contributed by atoms with Gasteiger partial charge in [0.05, 0.1) is 0 Å². The Morgan fingerprint density at radius 1 is 0.955 bits per heavy atom. The Morgan fingerprint density at radius 3 is 2.05 bits per heavy atom. The molecule has 3 heteroatoms. The van der Waals surface area contributed by atoms with Crippen LogP contribution in [-0.2, 0) is 5.54 Å². The van der Waals surface area contributed by atoms with E-state index in [0.717, 1.165) is 5.92 Å². The van der Waals surface area contributed by atoms with Crippen LogP contribution in [0.3, 0.4) is 0 Å². The predicted octanol–water partition coefficient (Wildman–Crippen LogP) is 4.39. The van der Waals surface area contributed by atoms with Crippen LogP contribution in [0.15, 0.2) is 30.3 Å². The fourth-order valence-corrected chi connectivity index (χ4v) is 4.01. The summed E-state index contributed by atoms with van der Waals surface area (Å²) in [7, 11) is 2.25. The molecule has 1 saturated heterocycles. The minimum atomic E-state index is 0.315. The number of benzene rings is 1. The Morgan fingerprint density at radius 2 is 1.50 bits per heavy atom. The smallest absolute Gasteiger partial charge is 0.0461 e. The molecule has 124 valence electrons. The van der Waals surface area contributed by atoms with E-state index in [-0.39, 0.29) is 0 Å². The third-order valence-corrected chi connectivity index (χ3v) is 5.52. The lowest BCUT2D eigenvalue weighted by molar-refractivity contribution is 0.00163. The van der Waals surface area contributed by atoms with Gasteiger partial charge in [-0.3, -0.25) is 4.90 Å². The van der Waals surface area contributed by atoms with Gasteiger partial charge in [0.25, 0.3) is 0 Å². The zero-order chi connectivity index (χ0) is 16.0. The van der Waals surface area contributed by atoms with Crippen molar-refractivity contribution in [1.82, 2.24) is 9.80 Å². The van der Waals surface area contributed by atoms with Gasteiger partial charge in [-0.25, -0.2) is 0 Å². The summed E-state index contributed by atoms with van der Waals surface area (Å²) in [4.78, 5) is 7.21. The maximum Gasteiger partial charge on any atom is 0.0461 e. The second-order valence-electron chi connectivity index (χ2n) is 6.87. The standard InChI is InChI=1S/C18H28N2.CH3I/c1-16-8-10-18(11-9-16,17-6-4-3-5-7-17)20-14-12-19(2)13-15-20;1-2/h3-7,16H,8-15H2,1-2H3;1H3. The summed E-state index contributed by atoms with van der Waals surface area (Å²) in [6, 6.07) is 11.3. The molecule has 1 aromatic carbocycles. The van der Waals surface area contributed by atoms with E-state index in [1.807, 2.05) is 4.93 Å². The maximum atomic E-state index is 2.79. The lowest BCUT2D eigenvalue weighted by Gasteiger charge is -2.51. The van der Waals surface area contributed by atoms with E-state index in [9.17, 15) is 0 Å². The van der Waals surface area contributed by atoms with Gasteiger partial charge in [0.15, 0.2) is 0 Å². The first-order valence-electron chi connectivity index (χ1n) is 8.58. The summed E-state index contributed by atoms with van der Waals surface area (Å²) in [6.07, 6.45) is 5.42. The van der Waals surface area contributed by atoms with E-state index in [4.69, 9.17) is 0 Å². The zero-order valence-electron chi connectivity index (χ0n) is 14.4. The zero-order valence-corrected chi connectivity index (χ0v) is 16.6. The molecule has 2 aliphatic rings. The van der Waals surface area contributed by atoms with E-state index < -0.39 is 0 Å². The summed E-state index contributed by atoms with van der Waals surface area (Å²) in [5.74, 6) is 0.902. The lowest BCUT2D eigenvalue weighted by atomic mass is 9.72. The Hall–Kier alpha value is -0.130. The Balaban J connectivity index is 0.000000847. The molecule has 1 saturated carbocycles. The van der Waals surface area contributed by atoms with Crippen LogP contribution in [-0.4, -0.2) is 48.0 Å². The molecule has 0 atom stereocenters. The molecule has 0 unspecified atom stereocenters. The average molecular weight is 414 g/mol. The molecule has 0 aromatic heterocycles. The highest BCUT2D eigenvalue weighted by atomic mass is 127. The number of halogens is 1. The molecule has 1 aromatic rings. The topological polar surface area (TPSA) is 6.48 Å². The number of likely N-dealkylation sites (N-methyl/N-ethyl adjacent to an activating group) is 1. The molecular formula is C19H31IN2. The minimum absolute atomic E-state index is 0.315. The number of rotatable bonds is 2. The van der Waals surface area contributed by atoms with Gasteiger partial charge in [-0.15, -0.1) is 0 Å². The van der Waals surface area contributed by atoms with Crippen LogP contribution in [0.25, 0.3) is 0 Å². The molecule has 0 radical (unpaired) electrons. The number of piperazine rings is 1. The van der Waals surface area contributed by atoms with Gasteiger partial charge in [0.1, 0.15) is 0 Å². The summed E-state index contributed by atoms with van der Waals surface area (Å²) >= 11 is 2.15. The molecule has 0 bridgehead atoms. The highest BCUT2D eigenvalue weighted by Gasteiger charge is 2.41. The van der Waals surface area contributed by atoms with Gasteiger partial charge >= 0.3 is 0 Å². The molecule has 22 heavy (non-hydrogen) atoms. The van der Waals surface area contributed by atoms with Gasteiger partial charge in [-0.05, 0) is 49.1 Å². The first kappa shape index (κ1) is 18.2. The van der Waals surface area contributed by atoms with E-state index in [2.05, 4.69) is 76.7 Å². The molecule has 0 spiro atoms. The summed E-state index contributed by atoms with van der Waals surface area (Å²) < 4.78 is 0. The fraction of sp³-hybridized carbons (Fsp3) is 0.684. The van der Waals surface area contributed by atoms with Crippen molar-refractivity contribution in [2.45, 2.75) is 38.1 Å². The van der Waals surface area contributed by atoms with Crippen molar-refractivity contribution in [1.29, 1.82) is 0 Å². The lowest BCUT2D eigenvalue weighted by Crippen LogP contribution is -2.55. The van der Waals surface area contributed by atoms with Gasteiger partial charge in [0, 0.05) is 31.7 Å². The van der Waals surface area contributed by atoms with E-state index in [1.54, 1.807) is 5.56 Å². The van der Waals surface area contributed by atoms with Crippen LogP contribution in [0.2, 0.25) is 0 Å². The molecule has 1 aliphatic heterocycles. The largest absolute Gasteiger partial charge is 0.304 e. The van der Waals surface area contributed by atoms with Crippen LogP contribution < -0.4 is 0 Å². The van der Waals surface area contributed by atoms with Gasteiger partial charge in [0.2, 0.25) is 0 Å². The van der Waals surface area contributed by atoms with Gasteiger partial charge < -0.3 is 4.90 Å². The molecular weight excluding hydrogens is 383 g/mol. The molecule has 0 amide bonds. The normalized spacial score (nSPS) is 30.5. The van der Waals surface area contributed by atoms with E-state index >= 15 is 0 Å². The highest BCUT2D eigenvalue weighted by molar-refractivity contribution is 14.1. The van der Waals surface area contributed by atoms with Crippen LogP contribution >= 0.6 is 22.6 Å². The Kier molecular flexibility index (Phi) is 7.16. The molecule has 3 rings (SSSR count). The Labute approximate surface area is 150 Å². The molecule has 1 heterocycles. The fourth-order valence-electron chi connectivity index (χ4n) is 4.01. The average Bonchev–Trinajstić information content (AvgIpc) is 2.59. The quantitative estimate of drug-likeness (QED) is 0.523. The van der Waals surface area contributed by atoms with E-state index in [0.29, 0.717) is 5.54 Å². The monoisotopic (exact) mass is 414 g/mol. The van der Waals surface area contributed by atoms with Crippen LogP contribution in [0.4, 0.5) is 0 Å². The molecule has 2 fully saturated rings. The van der Waals surface area contributed by atoms with Crippen molar-refractivity contribution in [3.05, 3.63) is 35.9 Å². The minimum Gasteiger partial charge on any atom is -0.304 e. The number of nitrogens with zero attached hydrogens (tertiary/aromatic N) is 2. The van der Waals surface area contributed by atoms with Crippen LogP contribution in [0.1, 0.15) is 38.2 Å². The van der Waals surface area contributed by atoms with Crippen molar-refractivity contribution < 1.29 is 0 Å². The predicted molar refractivity (Wildman–Crippen MR) is 105 cm³/mol. The maximum absolute atomic E-state index is 2.79. The summed E-state index contributed by atoms with van der Waals surface area (Å²) in [5.41, 5.74) is 1.87. The molecule has 1 aliphatic carbocycles. The second-order valence-corrected chi connectivity index (χ2v) is 6.87. The number of alkyl halides is 1. The summed E-state index contributed by atoms with van der Waals surface area (Å²) in [6.45, 7) is 7.28. The first-order valence-corrected chi connectivity index (χ1v) is 10.7. The molecule has 2 nitrogen and oxygen atoms in total. The van der Waals surface area contributed by atoms with Gasteiger partial charge in [-0.1, -0.05) is 59.8 Å². The van der Waals surface area contributed by atoms with Crippen molar-refractivity contribution >= 4 is 22.6 Å². The van der Waals surface area contributed by atoms with Crippen molar-refractivity contribution in [2.24, 2.45) is 5.92 Å². The van der Waals surface area contributed by atoms with Gasteiger partial charge in [-0.2, -0.15) is 0 Å². The first-order chi connectivity index (χ1) is 10.7. The van der Waals surface area contributed by atoms with Crippen molar-refractivity contribution in [3.63, 3.8) is 0 Å². The van der Waals surface area contributed by atoms with Crippen molar-refractivity contribution in [3.8, 4) is 0 Å². The molecule has 0 N–H and O–H groups in total. The number of hydrogen-bond acceptors (Lipinski definition) is 2. The van der Waals surface area contributed by atoms with E-state index in [1.165, 1.54) is 51.9 Å².